The maximum absolute atomic E-state index is 5.20. The Bertz CT molecular complexity index is 386. The van der Waals surface area contributed by atoms with Crippen molar-refractivity contribution in [2.24, 2.45) is 5.92 Å². The van der Waals surface area contributed by atoms with E-state index in [4.69, 9.17) is 4.74 Å². The van der Waals surface area contributed by atoms with Crippen molar-refractivity contribution in [2.45, 2.75) is 38.8 Å². The molecule has 0 heterocycles. The molecule has 3 nitrogen and oxygen atoms in total. The van der Waals surface area contributed by atoms with Crippen molar-refractivity contribution >= 4 is 0 Å². The second-order valence-electron chi connectivity index (χ2n) is 5.94. The summed E-state index contributed by atoms with van der Waals surface area (Å²) in [4.78, 5) is 2.42. The second kappa shape index (κ2) is 7.65. The average Bonchev–Trinajstić information content (AvgIpc) is 3.29. The van der Waals surface area contributed by atoms with Crippen LogP contribution < -0.4 is 10.1 Å². The van der Waals surface area contributed by atoms with Crippen molar-refractivity contribution in [1.29, 1.82) is 0 Å². The smallest absolute Gasteiger partial charge is 0.118 e. The molecule has 1 unspecified atom stereocenters. The standard InChI is InChI=1S/C17H28N2O/c1-4-11-18-17(15-7-8-15)13-19(2)12-14-5-9-16(20-3)10-6-14/h5-6,9-10,15,17-18H,4,7-8,11-13H2,1-3H3. The van der Waals surface area contributed by atoms with Gasteiger partial charge in [-0.1, -0.05) is 19.1 Å². The van der Waals surface area contributed by atoms with Gasteiger partial charge in [-0.25, -0.2) is 0 Å². The fourth-order valence-electron chi connectivity index (χ4n) is 2.65. The van der Waals surface area contributed by atoms with Crippen LogP contribution in [0.4, 0.5) is 0 Å². The number of ether oxygens (including phenoxy) is 1. The van der Waals surface area contributed by atoms with Crippen LogP contribution in [-0.2, 0) is 6.54 Å². The molecule has 3 heteroatoms. The van der Waals surface area contributed by atoms with Gasteiger partial charge in [0.2, 0.25) is 0 Å². The summed E-state index contributed by atoms with van der Waals surface area (Å²) in [6.45, 7) is 5.51. The number of benzene rings is 1. The molecule has 1 aliphatic carbocycles. The fraction of sp³-hybridized carbons (Fsp3) is 0.647. The van der Waals surface area contributed by atoms with E-state index in [1.165, 1.54) is 24.8 Å². The van der Waals surface area contributed by atoms with Gasteiger partial charge in [-0.05, 0) is 56.5 Å². The maximum atomic E-state index is 5.20. The third kappa shape index (κ3) is 4.80. The molecule has 0 radical (unpaired) electrons. The predicted molar refractivity (Wildman–Crippen MR) is 84.1 cm³/mol. The SMILES string of the molecule is CCCNC(CN(C)Cc1ccc(OC)cc1)C1CC1. The van der Waals surface area contributed by atoms with E-state index in [2.05, 4.69) is 36.3 Å². The zero-order valence-corrected chi connectivity index (χ0v) is 13.1. The average molecular weight is 276 g/mol. The molecule has 0 aromatic heterocycles. The molecule has 0 saturated heterocycles. The van der Waals surface area contributed by atoms with Gasteiger partial charge in [0.05, 0.1) is 7.11 Å². The summed E-state index contributed by atoms with van der Waals surface area (Å²) in [5.74, 6) is 1.83. The maximum Gasteiger partial charge on any atom is 0.118 e. The Kier molecular flexibility index (Phi) is 5.86. The molecule has 1 aliphatic rings. The fourth-order valence-corrected chi connectivity index (χ4v) is 2.65. The van der Waals surface area contributed by atoms with Gasteiger partial charge in [0.25, 0.3) is 0 Å². The zero-order chi connectivity index (χ0) is 14.4. The van der Waals surface area contributed by atoms with Crippen LogP contribution in [0.3, 0.4) is 0 Å². The van der Waals surface area contributed by atoms with Gasteiger partial charge in [-0.15, -0.1) is 0 Å². The highest BCUT2D eigenvalue weighted by atomic mass is 16.5. The molecule has 2 rings (SSSR count). The molecule has 20 heavy (non-hydrogen) atoms. The first-order valence-electron chi connectivity index (χ1n) is 7.77. The highest BCUT2D eigenvalue weighted by molar-refractivity contribution is 5.27. The molecule has 1 fully saturated rings. The Labute approximate surface area is 123 Å². The molecule has 1 saturated carbocycles. The Morgan fingerprint density at radius 3 is 2.55 bits per heavy atom. The van der Waals surface area contributed by atoms with E-state index >= 15 is 0 Å². The van der Waals surface area contributed by atoms with Crippen LogP contribution in [0.5, 0.6) is 5.75 Å². The highest BCUT2D eigenvalue weighted by Gasteiger charge is 2.31. The third-order valence-electron chi connectivity index (χ3n) is 3.97. The lowest BCUT2D eigenvalue weighted by molar-refractivity contribution is 0.267. The molecule has 1 N–H and O–H groups in total. The summed E-state index contributed by atoms with van der Waals surface area (Å²) in [6, 6.07) is 9.05. The molecule has 112 valence electrons. The molecular formula is C17H28N2O. The minimum atomic E-state index is 0.665. The zero-order valence-electron chi connectivity index (χ0n) is 13.1. The van der Waals surface area contributed by atoms with Gasteiger partial charge >= 0.3 is 0 Å². The Balaban J connectivity index is 1.81. The van der Waals surface area contributed by atoms with Crippen molar-refractivity contribution in [2.75, 3.05) is 27.2 Å². The first kappa shape index (κ1) is 15.3. The molecule has 1 atom stereocenters. The number of methoxy groups -OCH3 is 1. The van der Waals surface area contributed by atoms with Crippen LogP contribution >= 0.6 is 0 Å². The van der Waals surface area contributed by atoms with E-state index in [0.29, 0.717) is 6.04 Å². The van der Waals surface area contributed by atoms with Crippen molar-refractivity contribution in [3.05, 3.63) is 29.8 Å². The van der Waals surface area contributed by atoms with E-state index in [-0.39, 0.29) is 0 Å². The van der Waals surface area contributed by atoms with Gasteiger partial charge in [0, 0.05) is 19.1 Å². The molecule has 0 bridgehead atoms. The topological polar surface area (TPSA) is 24.5 Å². The predicted octanol–water partition coefficient (Wildman–Crippen LogP) is 2.91. The minimum absolute atomic E-state index is 0.665. The summed E-state index contributed by atoms with van der Waals surface area (Å²) < 4.78 is 5.20. The van der Waals surface area contributed by atoms with Crippen LogP contribution in [0.25, 0.3) is 0 Å². The number of nitrogens with zero attached hydrogens (tertiary/aromatic N) is 1. The lowest BCUT2D eigenvalue weighted by Crippen LogP contribution is -2.41. The molecule has 0 aliphatic heterocycles. The van der Waals surface area contributed by atoms with Crippen molar-refractivity contribution in [1.82, 2.24) is 10.2 Å². The summed E-state index contributed by atoms with van der Waals surface area (Å²) in [5.41, 5.74) is 1.35. The van der Waals surface area contributed by atoms with Gasteiger partial charge in [-0.3, -0.25) is 0 Å². The molecule has 1 aromatic carbocycles. The summed E-state index contributed by atoms with van der Waals surface area (Å²) in [5, 5.41) is 3.70. The van der Waals surface area contributed by atoms with E-state index in [0.717, 1.165) is 31.3 Å². The van der Waals surface area contributed by atoms with Gasteiger partial charge in [0.15, 0.2) is 0 Å². The summed E-state index contributed by atoms with van der Waals surface area (Å²) in [7, 11) is 3.92. The third-order valence-corrected chi connectivity index (χ3v) is 3.97. The van der Waals surface area contributed by atoms with Crippen molar-refractivity contribution in [3.8, 4) is 5.75 Å². The second-order valence-corrected chi connectivity index (χ2v) is 5.94. The Hall–Kier alpha value is -1.06. The van der Waals surface area contributed by atoms with Crippen LogP contribution in [0.1, 0.15) is 31.7 Å². The lowest BCUT2D eigenvalue weighted by atomic mass is 10.1. The highest BCUT2D eigenvalue weighted by Crippen LogP contribution is 2.33. The van der Waals surface area contributed by atoms with Crippen molar-refractivity contribution < 1.29 is 4.74 Å². The molecule has 1 aromatic rings. The van der Waals surface area contributed by atoms with Gasteiger partial charge in [-0.2, -0.15) is 0 Å². The van der Waals surface area contributed by atoms with E-state index in [9.17, 15) is 0 Å². The van der Waals surface area contributed by atoms with Crippen LogP contribution in [0, 0.1) is 5.92 Å². The Morgan fingerprint density at radius 1 is 1.30 bits per heavy atom. The van der Waals surface area contributed by atoms with Gasteiger partial charge in [0.1, 0.15) is 5.75 Å². The van der Waals surface area contributed by atoms with E-state index in [1.807, 2.05) is 12.1 Å². The monoisotopic (exact) mass is 276 g/mol. The first-order chi connectivity index (χ1) is 9.72. The molecule has 0 amide bonds. The molecular weight excluding hydrogens is 248 g/mol. The number of nitrogens with one attached hydrogen (secondary N) is 1. The summed E-state index contributed by atoms with van der Waals surface area (Å²) in [6.07, 6.45) is 4.01. The van der Waals surface area contributed by atoms with Crippen molar-refractivity contribution in [3.63, 3.8) is 0 Å². The Morgan fingerprint density at radius 2 is 2.00 bits per heavy atom. The van der Waals surface area contributed by atoms with E-state index < -0.39 is 0 Å². The normalized spacial score (nSPS) is 16.4. The largest absolute Gasteiger partial charge is 0.497 e. The number of likely N-dealkylation sites (N-methyl/N-ethyl adjacent to an activating group) is 1. The minimum Gasteiger partial charge on any atom is -0.497 e. The van der Waals surface area contributed by atoms with E-state index in [1.54, 1.807) is 7.11 Å². The first-order valence-corrected chi connectivity index (χ1v) is 7.77. The molecule has 0 spiro atoms. The van der Waals surface area contributed by atoms with Crippen LogP contribution in [-0.4, -0.2) is 38.2 Å². The lowest BCUT2D eigenvalue weighted by Gasteiger charge is -2.25. The quantitative estimate of drug-likeness (QED) is 0.750. The number of hydrogen-bond donors (Lipinski definition) is 1. The number of hydrogen-bond acceptors (Lipinski definition) is 3. The number of rotatable bonds is 9. The van der Waals surface area contributed by atoms with Crippen LogP contribution in [0.2, 0.25) is 0 Å². The summed E-state index contributed by atoms with van der Waals surface area (Å²) >= 11 is 0. The van der Waals surface area contributed by atoms with Gasteiger partial charge < -0.3 is 15.0 Å². The van der Waals surface area contributed by atoms with Crippen LogP contribution in [0.15, 0.2) is 24.3 Å².